The number of benzene rings is 1. The predicted octanol–water partition coefficient (Wildman–Crippen LogP) is -0.817. The van der Waals surface area contributed by atoms with Crippen molar-refractivity contribution in [2.75, 3.05) is 31.9 Å². The van der Waals surface area contributed by atoms with Crippen molar-refractivity contribution in [3.05, 3.63) is 29.8 Å². The quantitative estimate of drug-likeness (QED) is 0.0235. The van der Waals surface area contributed by atoms with Gasteiger partial charge in [-0.05, 0) is 75.0 Å². The number of hydrogen-bond acceptors (Lipinski definition) is 12. The highest BCUT2D eigenvalue weighted by atomic mass is 32.2. The average molecular weight is 917 g/mol. The van der Waals surface area contributed by atoms with Crippen LogP contribution in [0, 0.1) is 11.8 Å². The summed E-state index contributed by atoms with van der Waals surface area (Å²) in [6.45, 7) is 3.26. The van der Waals surface area contributed by atoms with E-state index in [1.165, 1.54) is 22.5 Å². The maximum Gasteiger partial charge on any atom is 0.315 e. The molecule has 0 radical (unpaired) electrons. The summed E-state index contributed by atoms with van der Waals surface area (Å²) in [4.78, 5) is 115. The first kappa shape index (κ1) is 51.0. The zero-order valence-electron chi connectivity index (χ0n) is 36.5. The highest BCUT2D eigenvalue weighted by Gasteiger charge is 2.43. The first-order valence-corrected chi connectivity index (χ1v) is 23.0. The van der Waals surface area contributed by atoms with Crippen LogP contribution in [0.4, 0.5) is 4.79 Å². The number of likely N-dealkylation sites (tertiary alicyclic amines) is 1. The molecule has 3 fully saturated rings. The molecule has 3 aliphatic rings. The zero-order chi connectivity index (χ0) is 46.8. The molecule has 10 amide bonds. The van der Waals surface area contributed by atoms with Crippen molar-refractivity contribution in [2.24, 2.45) is 17.6 Å². The van der Waals surface area contributed by atoms with Gasteiger partial charge in [0.2, 0.25) is 47.3 Å². The van der Waals surface area contributed by atoms with E-state index in [4.69, 9.17) is 10.9 Å². The summed E-state index contributed by atoms with van der Waals surface area (Å²) in [6, 6.07) is 3.07. The molecule has 0 saturated carbocycles. The fraction of sp³-hybridized carbons (Fsp3) is 0.643. The molecule has 354 valence electrons. The maximum absolute atomic E-state index is 14.1. The van der Waals surface area contributed by atoms with E-state index in [9.17, 15) is 48.3 Å². The number of hydroxylamine groups is 1. The first-order valence-electron chi connectivity index (χ1n) is 21.9. The molecule has 22 heteroatoms. The van der Waals surface area contributed by atoms with E-state index in [0.717, 1.165) is 25.0 Å². The Morgan fingerprint density at radius 3 is 2.31 bits per heavy atom. The fourth-order valence-electron chi connectivity index (χ4n) is 8.10. The number of primary amides is 1. The van der Waals surface area contributed by atoms with E-state index in [2.05, 4.69) is 37.2 Å². The number of thioether (sulfide) groups is 1. The number of nitrogens with zero attached hydrogens (tertiary/aromatic N) is 1. The van der Waals surface area contributed by atoms with E-state index in [-0.39, 0.29) is 74.3 Å². The summed E-state index contributed by atoms with van der Waals surface area (Å²) in [5.74, 6) is -4.76. The van der Waals surface area contributed by atoms with Crippen LogP contribution in [0.15, 0.2) is 24.3 Å². The number of urea groups is 1. The van der Waals surface area contributed by atoms with Crippen molar-refractivity contribution >= 4 is 65.1 Å². The Hall–Kier alpha value is -5.64. The Morgan fingerprint density at radius 2 is 1.61 bits per heavy atom. The number of carbonyl (C=O) groups is 9. The minimum Gasteiger partial charge on any atom is -0.508 e. The molecule has 3 heterocycles. The van der Waals surface area contributed by atoms with E-state index in [1.54, 1.807) is 12.1 Å². The molecule has 0 aromatic heterocycles. The number of aromatic hydroxyl groups is 1. The van der Waals surface area contributed by atoms with Crippen molar-refractivity contribution in [3.8, 4) is 5.75 Å². The lowest BCUT2D eigenvalue weighted by Crippen LogP contribution is -2.55. The van der Waals surface area contributed by atoms with Gasteiger partial charge in [-0.3, -0.25) is 43.6 Å². The molecule has 21 nitrogen and oxygen atoms in total. The highest BCUT2D eigenvalue weighted by Crippen LogP contribution is 2.33. The molecular formula is C42H64N10O11S. The molecular weight excluding hydrogens is 853 g/mol. The number of nitrogens with one attached hydrogen (secondary N) is 8. The number of phenolic OH excluding ortho intramolecular Hbond substituents is 1. The predicted molar refractivity (Wildman–Crippen MR) is 234 cm³/mol. The van der Waals surface area contributed by atoms with Gasteiger partial charge in [0, 0.05) is 49.3 Å². The molecule has 7 atom stereocenters. The summed E-state index contributed by atoms with van der Waals surface area (Å²) in [5, 5.41) is 38.1. The Morgan fingerprint density at radius 1 is 0.875 bits per heavy atom. The molecule has 0 aliphatic carbocycles. The summed E-state index contributed by atoms with van der Waals surface area (Å²) in [6.07, 6.45) is 4.82. The van der Waals surface area contributed by atoms with Gasteiger partial charge in [-0.25, -0.2) is 10.3 Å². The average Bonchev–Trinajstić information content (AvgIpc) is 3.99. The van der Waals surface area contributed by atoms with E-state index in [1.807, 2.05) is 25.6 Å². The standard InChI is InChI=1S/C42H64N10O11S/c1-24(2)18-26(20-34(55)51-63)39(59)48-29(19-25-12-14-27(53)15-13-25)41(61)52-17-7-9-31(52)40(60)46-21-35(56)45-22-36(57)47-28(38(43)58)8-5-6-16-44-33(54)11-4-3-10-32-37-30(23-64-32)49-42(62)50-37/h12-15,24,26,28-32,37,53,63H,3-11,16-23H2,1-2H3,(H2,43,58)(H,44,54)(H,45,56)(H,46,60)(H,47,57)(H,48,59)(H,51,55)(H2,49,50,62)/t26?,28-,29-,30-,31-,32-,37-/m0/s1. The summed E-state index contributed by atoms with van der Waals surface area (Å²) < 4.78 is 0. The second-order valence-corrected chi connectivity index (χ2v) is 18.2. The van der Waals surface area contributed by atoms with Crippen molar-refractivity contribution in [2.45, 2.75) is 126 Å². The normalized spacial score (nSPS) is 20.2. The van der Waals surface area contributed by atoms with Crippen LogP contribution in [0.2, 0.25) is 0 Å². The smallest absolute Gasteiger partial charge is 0.315 e. The number of hydrogen-bond donors (Lipinski definition) is 11. The van der Waals surface area contributed by atoms with Crippen LogP contribution < -0.4 is 48.4 Å². The fourth-order valence-corrected chi connectivity index (χ4v) is 9.65. The van der Waals surface area contributed by atoms with Crippen LogP contribution in [0.5, 0.6) is 5.75 Å². The molecule has 12 N–H and O–H groups in total. The highest BCUT2D eigenvalue weighted by molar-refractivity contribution is 8.00. The molecule has 1 aromatic rings. The van der Waals surface area contributed by atoms with E-state index in [0.29, 0.717) is 43.0 Å². The summed E-state index contributed by atoms with van der Waals surface area (Å²) in [5.41, 5.74) is 7.64. The minimum atomic E-state index is -1.16. The Labute approximate surface area is 376 Å². The van der Waals surface area contributed by atoms with Gasteiger partial charge >= 0.3 is 6.03 Å². The summed E-state index contributed by atoms with van der Waals surface area (Å²) >= 11 is 1.84. The topological polar surface area (TPSA) is 320 Å². The molecule has 64 heavy (non-hydrogen) atoms. The van der Waals surface area contributed by atoms with Gasteiger partial charge in [-0.15, -0.1) is 0 Å². The number of carbonyl (C=O) groups excluding carboxylic acids is 9. The SMILES string of the molecule is CC(C)CC(CC(=O)NO)C(=O)N[C@@H](Cc1ccc(O)cc1)C(=O)N1CCC[C@H]1C(=O)NCC(=O)NCC(=O)N[C@@H](CCCCNC(=O)CCCC[C@@H]1SC[C@@H]2NC(=O)N[C@@H]21)C(N)=O. The third kappa shape index (κ3) is 16.5. The maximum atomic E-state index is 14.1. The van der Waals surface area contributed by atoms with Gasteiger partial charge in [-0.1, -0.05) is 32.4 Å². The van der Waals surface area contributed by atoms with Crippen molar-refractivity contribution in [1.82, 2.24) is 47.6 Å². The van der Waals surface area contributed by atoms with Crippen molar-refractivity contribution in [1.29, 1.82) is 0 Å². The monoisotopic (exact) mass is 916 g/mol. The molecule has 3 saturated heterocycles. The third-order valence-electron chi connectivity index (χ3n) is 11.4. The molecule has 0 bridgehead atoms. The third-order valence-corrected chi connectivity index (χ3v) is 12.9. The number of phenols is 1. The van der Waals surface area contributed by atoms with Gasteiger partial charge in [0.05, 0.1) is 25.2 Å². The van der Waals surface area contributed by atoms with Gasteiger partial charge in [0.1, 0.15) is 23.9 Å². The number of nitrogens with two attached hydrogens (primary N) is 1. The second kappa shape index (κ2) is 25.6. The Bertz CT molecular complexity index is 1820. The molecule has 4 rings (SSSR count). The van der Waals surface area contributed by atoms with E-state index < -0.39 is 78.5 Å². The van der Waals surface area contributed by atoms with Crippen LogP contribution in [0.25, 0.3) is 0 Å². The molecule has 1 aromatic carbocycles. The lowest BCUT2D eigenvalue weighted by atomic mass is 9.92. The van der Waals surface area contributed by atoms with Crippen LogP contribution in [-0.4, -0.2) is 136 Å². The van der Waals surface area contributed by atoms with Crippen molar-refractivity contribution in [3.63, 3.8) is 0 Å². The number of rotatable bonds is 26. The summed E-state index contributed by atoms with van der Waals surface area (Å²) in [7, 11) is 0. The Balaban J connectivity index is 1.17. The number of unbranched alkanes of at least 4 members (excludes halogenated alkanes) is 2. The zero-order valence-corrected chi connectivity index (χ0v) is 37.3. The van der Waals surface area contributed by atoms with Crippen LogP contribution in [-0.2, 0) is 44.8 Å². The van der Waals surface area contributed by atoms with Gasteiger partial charge in [0.15, 0.2) is 0 Å². The number of amides is 10. The lowest BCUT2D eigenvalue weighted by molar-refractivity contribution is -0.142. The van der Waals surface area contributed by atoms with Gasteiger partial charge in [0.25, 0.3) is 0 Å². The second-order valence-electron chi connectivity index (χ2n) is 16.9. The Kier molecular flexibility index (Phi) is 20.4. The van der Waals surface area contributed by atoms with Gasteiger partial charge in [-0.2, -0.15) is 11.8 Å². The number of fused-ring (bicyclic) bond motifs is 1. The van der Waals surface area contributed by atoms with Crippen LogP contribution in [0.1, 0.15) is 90.0 Å². The molecule has 1 unspecified atom stereocenters. The minimum absolute atomic E-state index is 0.000357. The first-order chi connectivity index (χ1) is 30.5. The van der Waals surface area contributed by atoms with Gasteiger partial charge < -0.3 is 53.0 Å². The van der Waals surface area contributed by atoms with Crippen LogP contribution >= 0.6 is 11.8 Å². The van der Waals surface area contributed by atoms with Crippen molar-refractivity contribution < 1.29 is 53.5 Å². The largest absolute Gasteiger partial charge is 0.508 e. The lowest BCUT2D eigenvalue weighted by Gasteiger charge is -2.30. The van der Waals surface area contributed by atoms with Crippen LogP contribution in [0.3, 0.4) is 0 Å². The molecule has 0 spiro atoms. The van der Waals surface area contributed by atoms with E-state index >= 15 is 0 Å². The molecule has 3 aliphatic heterocycles.